The first-order valence-electron chi connectivity index (χ1n) is 6.40. The quantitative estimate of drug-likeness (QED) is 0.592. The first-order chi connectivity index (χ1) is 10.3. The summed E-state index contributed by atoms with van der Waals surface area (Å²) in [5.74, 6) is 0.705. The van der Waals surface area contributed by atoms with Crippen molar-refractivity contribution in [2.45, 2.75) is 6.92 Å². The number of nitrogens with zero attached hydrogens (tertiary/aromatic N) is 4. The minimum absolute atomic E-state index is 0.705. The molecular weight excluding hydrogens is 282 g/mol. The second-order valence-corrected chi connectivity index (χ2v) is 5.22. The molecule has 0 bridgehead atoms. The molecule has 1 N–H and O–H groups in total. The number of thiazole rings is 1. The van der Waals surface area contributed by atoms with E-state index >= 15 is 0 Å². The van der Waals surface area contributed by atoms with E-state index in [1.807, 2.05) is 36.6 Å². The number of anilines is 1. The zero-order valence-electron chi connectivity index (χ0n) is 11.4. The van der Waals surface area contributed by atoms with Gasteiger partial charge in [-0.2, -0.15) is 5.10 Å². The van der Waals surface area contributed by atoms with Crippen LogP contribution in [0.25, 0.3) is 11.4 Å². The van der Waals surface area contributed by atoms with Crippen molar-refractivity contribution >= 4 is 22.7 Å². The van der Waals surface area contributed by atoms with E-state index in [1.165, 1.54) is 11.3 Å². The van der Waals surface area contributed by atoms with E-state index in [0.29, 0.717) is 5.82 Å². The normalized spacial score (nSPS) is 10.9. The lowest BCUT2D eigenvalue weighted by molar-refractivity contribution is 1.18. The molecule has 0 atom stereocenters. The average molecular weight is 295 g/mol. The molecule has 0 spiro atoms. The summed E-state index contributed by atoms with van der Waals surface area (Å²) in [4.78, 5) is 12.8. The molecule has 1 aromatic carbocycles. The van der Waals surface area contributed by atoms with Gasteiger partial charge in [0.2, 0.25) is 5.13 Å². The summed E-state index contributed by atoms with van der Waals surface area (Å²) in [6, 6.07) is 9.71. The van der Waals surface area contributed by atoms with E-state index in [0.717, 1.165) is 22.0 Å². The maximum Gasteiger partial charge on any atom is 0.203 e. The first-order valence-corrected chi connectivity index (χ1v) is 7.28. The monoisotopic (exact) mass is 295 g/mol. The van der Waals surface area contributed by atoms with E-state index in [4.69, 9.17) is 0 Å². The Morgan fingerprint density at radius 3 is 2.81 bits per heavy atom. The Balaban J connectivity index is 1.74. The fourth-order valence-corrected chi connectivity index (χ4v) is 2.41. The molecule has 21 heavy (non-hydrogen) atoms. The third kappa shape index (κ3) is 3.49. The molecule has 0 radical (unpaired) electrons. The maximum atomic E-state index is 4.28. The first kappa shape index (κ1) is 13.4. The van der Waals surface area contributed by atoms with Crippen LogP contribution in [0.5, 0.6) is 0 Å². The van der Waals surface area contributed by atoms with Crippen molar-refractivity contribution < 1.29 is 0 Å². The standard InChI is InChI=1S/C15H13N5S/c1-11-10-21-15(19-11)20-18-9-12-4-2-5-13(8-12)14-16-6-3-7-17-14/h2-10H,1H3,(H,19,20). The van der Waals surface area contributed by atoms with Gasteiger partial charge in [-0.25, -0.2) is 15.0 Å². The lowest BCUT2D eigenvalue weighted by Crippen LogP contribution is -1.92. The van der Waals surface area contributed by atoms with Crippen LogP contribution < -0.4 is 5.43 Å². The molecule has 0 saturated carbocycles. The molecule has 0 amide bonds. The minimum atomic E-state index is 0.705. The van der Waals surface area contributed by atoms with E-state index in [-0.39, 0.29) is 0 Å². The predicted molar refractivity (Wildman–Crippen MR) is 85.5 cm³/mol. The molecule has 6 heteroatoms. The van der Waals surface area contributed by atoms with Crippen molar-refractivity contribution in [2.24, 2.45) is 5.10 Å². The molecule has 0 unspecified atom stereocenters. The number of aromatic nitrogens is 3. The van der Waals surface area contributed by atoms with Gasteiger partial charge in [-0.1, -0.05) is 18.2 Å². The highest BCUT2D eigenvalue weighted by atomic mass is 32.1. The molecule has 0 aliphatic rings. The van der Waals surface area contributed by atoms with Gasteiger partial charge in [0.05, 0.1) is 11.9 Å². The Morgan fingerprint density at radius 1 is 1.19 bits per heavy atom. The highest BCUT2D eigenvalue weighted by molar-refractivity contribution is 7.13. The molecule has 0 fully saturated rings. The molecule has 0 aliphatic heterocycles. The molecule has 0 saturated heterocycles. The number of hydrogen-bond acceptors (Lipinski definition) is 6. The van der Waals surface area contributed by atoms with Crippen molar-refractivity contribution in [2.75, 3.05) is 5.43 Å². The Hall–Kier alpha value is -2.60. The molecule has 5 nitrogen and oxygen atoms in total. The largest absolute Gasteiger partial charge is 0.253 e. The van der Waals surface area contributed by atoms with E-state index in [2.05, 4.69) is 25.5 Å². The maximum absolute atomic E-state index is 4.28. The van der Waals surface area contributed by atoms with E-state index < -0.39 is 0 Å². The average Bonchev–Trinajstić information content (AvgIpc) is 2.94. The van der Waals surface area contributed by atoms with Crippen LogP contribution in [-0.4, -0.2) is 21.2 Å². The molecule has 3 rings (SSSR count). The van der Waals surface area contributed by atoms with Gasteiger partial charge in [0, 0.05) is 23.3 Å². The van der Waals surface area contributed by atoms with Gasteiger partial charge < -0.3 is 0 Å². The van der Waals surface area contributed by atoms with Crippen molar-refractivity contribution in [3.63, 3.8) is 0 Å². The van der Waals surface area contributed by atoms with Gasteiger partial charge in [0.1, 0.15) is 0 Å². The highest BCUT2D eigenvalue weighted by Gasteiger charge is 2.00. The number of hydrogen-bond donors (Lipinski definition) is 1. The Labute approximate surface area is 126 Å². The summed E-state index contributed by atoms with van der Waals surface area (Å²) < 4.78 is 0. The van der Waals surface area contributed by atoms with Crippen LogP contribution in [0.15, 0.2) is 53.2 Å². The van der Waals surface area contributed by atoms with Crippen LogP contribution in [0, 0.1) is 6.92 Å². The third-order valence-corrected chi connectivity index (χ3v) is 3.57. The van der Waals surface area contributed by atoms with Crippen LogP contribution >= 0.6 is 11.3 Å². The summed E-state index contributed by atoms with van der Waals surface area (Å²) in [6.07, 6.45) is 5.22. The van der Waals surface area contributed by atoms with Crippen LogP contribution in [0.3, 0.4) is 0 Å². The van der Waals surface area contributed by atoms with Crippen LogP contribution in [0.4, 0.5) is 5.13 Å². The molecular formula is C15H13N5S. The molecule has 104 valence electrons. The van der Waals surface area contributed by atoms with E-state index in [1.54, 1.807) is 24.7 Å². The fraction of sp³-hybridized carbons (Fsp3) is 0.0667. The smallest absolute Gasteiger partial charge is 0.203 e. The number of nitrogens with one attached hydrogen (secondary N) is 1. The second kappa shape index (κ2) is 6.23. The van der Waals surface area contributed by atoms with Gasteiger partial charge >= 0.3 is 0 Å². The fourth-order valence-electron chi connectivity index (χ4n) is 1.77. The number of rotatable bonds is 4. The van der Waals surface area contributed by atoms with E-state index in [9.17, 15) is 0 Å². The summed E-state index contributed by atoms with van der Waals surface area (Å²) >= 11 is 1.53. The van der Waals surface area contributed by atoms with Crippen molar-refractivity contribution in [1.29, 1.82) is 0 Å². The minimum Gasteiger partial charge on any atom is -0.253 e. The van der Waals surface area contributed by atoms with Crippen molar-refractivity contribution in [1.82, 2.24) is 15.0 Å². The number of aryl methyl sites for hydroxylation is 1. The Kier molecular flexibility index (Phi) is 3.97. The molecule has 2 heterocycles. The molecule has 0 aliphatic carbocycles. The van der Waals surface area contributed by atoms with Crippen LogP contribution in [0.2, 0.25) is 0 Å². The number of hydrazone groups is 1. The predicted octanol–water partition coefficient (Wildman–Crippen LogP) is 3.35. The number of benzene rings is 1. The van der Waals surface area contributed by atoms with Gasteiger partial charge in [-0.05, 0) is 24.6 Å². The second-order valence-electron chi connectivity index (χ2n) is 4.36. The van der Waals surface area contributed by atoms with Crippen molar-refractivity contribution in [3.8, 4) is 11.4 Å². The van der Waals surface area contributed by atoms with Gasteiger partial charge in [0.25, 0.3) is 0 Å². The Morgan fingerprint density at radius 2 is 2.05 bits per heavy atom. The molecule has 2 aromatic heterocycles. The summed E-state index contributed by atoms with van der Waals surface area (Å²) in [5, 5.41) is 6.95. The zero-order valence-corrected chi connectivity index (χ0v) is 12.2. The zero-order chi connectivity index (χ0) is 14.5. The van der Waals surface area contributed by atoms with Gasteiger partial charge in [0.15, 0.2) is 5.82 Å². The third-order valence-electron chi connectivity index (χ3n) is 2.70. The lowest BCUT2D eigenvalue weighted by Gasteiger charge is -2.00. The summed E-state index contributed by atoms with van der Waals surface area (Å²) in [6.45, 7) is 1.95. The van der Waals surface area contributed by atoms with Crippen LogP contribution in [0.1, 0.15) is 11.3 Å². The van der Waals surface area contributed by atoms with Crippen LogP contribution in [-0.2, 0) is 0 Å². The molecule has 3 aromatic rings. The van der Waals surface area contributed by atoms with Crippen molar-refractivity contribution in [3.05, 3.63) is 59.4 Å². The Bertz CT molecular complexity index is 752. The SMILES string of the molecule is Cc1csc(NN=Cc2cccc(-c3ncccn3)c2)n1. The van der Waals surface area contributed by atoms with Gasteiger partial charge in [-0.3, -0.25) is 5.43 Å². The summed E-state index contributed by atoms with van der Waals surface area (Å²) in [7, 11) is 0. The lowest BCUT2D eigenvalue weighted by atomic mass is 10.1. The van der Waals surface area contributed by atoms with Gasteiger partial charge in [-0.15, -0.1) is 11.3 Å². The summed E-state index contributed by atoms with van der Waals surface area (Å²) in [5.41, 5.74) is 5.84. The highest BCUT2D eigenvalue weighted by Crippen LogP contribution is 2.16. The topological polar surface area (TPSA) is 63.1 Å².